The number of carbonyl (C=O) groups is 2. The fourth-order valence-corrected chi connectivity index (χ4v) is 3.88. The van der Waals surface area contributed by atoms with Crippen LogP contribution >= 0.6 is 11.6 Å². The van der Waals surface area contributed by atoms with Crippen LogP contribution in [0.25, 0.3) is 0 Å². The number of benzene rings is 2. The van der Waals surface area contributed by atoms with Crippen molar-refractivity contribution >= 4 is 29.2 Å². The van der Waals surface area contributed by atoms with Crippen LogP contribution in [0.5, 0.6) is 0 Å². The van der Waals surface area contributed by atoms with Crippen LogP contribution in [0.3, 0.4) is 0 Å². The van der Waals surface area contributed by atoms with E-state index in [0.717, 1.165) is 5.56 Å². The number of amides is 3. The maximum Gasteiger partial charge on any atom is 0.326 e. The van der Waals surface area contributed by atoms with E-state index in [4.69, 9.17) is 16.3 Å². The average Bonchev–Trinajstić information content (AvgIpc) is 2.75. The maximum absolute atomic E-state index is 13.5. The normalized spacial score (nSPS) is 19.9. The second-order valence-corrected chi connectivity index (χ2v) is 7.45. The van der Waals surface area contributed by atoms with E-state index in [1.54, 1.807) is 21.9 Å². The SMILES string of the molecule is CC1=C(C(=O)N2CCOCC2)[C@H](c2ccc(Cl)cc2)NC(=O)N1c1ccccc1. The first-order chi connectivity index (χ1) is 14.1. The molecular weight excluding hydrogens is 390 g/mol. The Labute approximate surface area is 174 Å². The lowest BCUT2D eigenvalue weighted by molar-refractivity contribution is -0.131. The van der Waals surface area contributed by atoms with Crippen molar-refractivity contribution < 1.29 is 14.3 Å². The molecule has 2 heterocycles. The lowest BCUT2D eigenvalue weighted by Gasteiger charge is -2.38. The summed E-state index contributed by atoms with van der Waals surface area (Å²) >= 11 is 6.04. The Morgan fingerprint density at radius 1 is 1.07 bits per heavy atom. The predicted molar refractivity (Wildman–Crippen MR) is 112 cm³/mol. The minimum absolute atomic E-state index is 0.0910. The fourth-order valence-electron chi connectivity index (χ4n) is 3.75. The van der Waals surface area contributed by atoms with Crippen LogP contribution in [0.1, 0.15) is 18.5 Å². The van der Waals surface area contributed by atoms with Gasteiger partial charge in [-0.25, -0.2) is 4.79 Å². The second-order valence-electron chi connectivity index (χ2n) is 7.01. The molecule has 2 aliphatic rings. The molecular formula is C22H22ClN3O3. The number of carbonyl (C=O) groups excluding carboxylic acids is 2. The van der Waals surface area contributed by atoms with E-state index in [1.807, 2.05) is 49.4 Å². The molecule has 3 amide bonds. The Morgan fingerprint density at radius 2 is 1.72 bits per heavy atom. The van der Waals surface area contributed by atoms with Gasteiger partial charge in [-0.3, -0.25) is 9.69 Å². The Kier molecular flexibility index (Phi) is 5.56. The Bertz CT molecular complexity index is 938. The quantitative estimate of drug-likeness (QED) is 0.836. The summed E-state index contributed by atoms with van der Waals surface area (Å²) in [7, 11) is 0. The number of halogens is 1. The van der Waals surface area contributed by atoms with E-state index >= 15 is 0 Å². The van der Waals surface area contributed by atoms with Gasteiger partial charge in [-0.2, -0.15) is 0 Å². The number of rotatable bonds is 3. The molecule has 2 aliphatic heterocycles. The fraction of sp³-hybridized carbons (Fsp3) is 0.273. The third-order valence-corrected chi connectivity index (χ3v) is 5.48. The summed E-state index contributed by atoms with van der Waals surface area (Å²) in [6.45, 7) is 3.91. The highest BCUT2D eigenvalue weighted by molar-refractivity contribution is 6.30. The number of nitrogens with zero attached hydrogens (tertiary/aromatic N) is 2. The summed E-state index contributed by atoms with van der Waals surface area (Å²) in [5.41, 5.74) is 2.70. The van der Waals surface area contributed by atoms with Gasteiger partial charge in [-0.15, -0.1) is 0 Å². The van der Waals surface area contributed by atoms with Gasteiger partial charge in [0.25, 0.3) is 5.91 Å². The van der Waals surface area contributed by atoms with Gasteiger partial charge in [0.2, 0.25) is 0 Å². The molecule has 29 heavy (non-hydrogen) atoms. The van der Waals surface area contributed by atoms with Crippen molar-refractivity contribution in [3.63, 3.8) is 0 Å². The molecule has 1 fully saturated rings. The van der Waals surface area contributed by atoms with E-state index in [2.05, 4.69) is 5.32 Å². The average molecular weight is 412 g/mol. The Hall–Kier alpha value is -2.83. The van der Waals surface area contributed by atoms with Gasteiger partial charge in [0.1, 0.15) is 0 Å². The van der Waals surface area contributed by atoms with Gasteiger partial charge in [-0.05, 0) is 36.8 Å². The molecule has 0 saturated carbocycles. The van der Waals surface area contributed by atoms with Crippen LogP contribution in [0, 0.1) is 0 Å². The highest BCUT2D eigenvalue weighted by Gasteiger charge is 2.38. The highest BCUT2D eigenvalue weighted by atomic mass is 35.5. The van der Waals surface area contributed by atoms with E-state index in [1.165, 1.54) is 0 Å². The molecule has 0 unspecified atom stereocenters. The van der Waals surface area contributed by atoms with Crippen LogP contribution in [0.4, 0.5) is 10.5 Å². The van der Waals surface area contributed by atoms with Crippen molar-refractivity contribution in [3.8, 4) is 0 Å². The van der Waals surface area contributed by atoms with Crippen LogP contribution < -0.4 is 10.2 Å². The van der Waals surface area contributed by atoms with Crippen LogP contribution in [-0.4, -0.2) is 43.1 Å². The van der Waals surface area contributed by atoms with Gasteiger partial charge in [0.05, 0.1) is 30.5 Å². The van der Waals surface area contributed by atoms with Crippen molar-refractivity contribution in [2.24, 2.45) is 0 Å². The summed E-state index contributed by atoms with van der Waals surface area (Å²) < 4.78 is 5.39. The van der Waals surface area contributed by atoms with Gasteiger partial charge >= 0.3 is 6.03 Å². The topological polar surface area (TPSA) is 61.9 Å². The monoisotopic (exact) mass is 411 g/mol. The lowest BCUT2D eigenvalue weighted by Crippen LogP contribution is -2.51. The first kappa shape index (κ1) is 19.5. The minimum Gasteiger partial charge on any atom is -0.378 e. The Balaban J connectivity index is 1.80. The van der Waals surface area contributed by atoms with E-state index in [-0.39, 0.29) is 11.9 Å². The molecule has 1 saturated heterocycles. The molecule has 0 bridgehead atoms. The summed E-state index contributed by atoms with van der Waals surface area (Å²) in [5, 5.41) is 3.61. The zero-order valence-corrected chi connectivity index (χ0v) is 16.9. The molecule has 0 radical (unpaired) electrons. The van der Waals surface area contributed by atoms with Gasteiger partial charge in [-0.1, -0.05) is 41.9 Å². The molecule has 2 aromatic carbocycles. The van der Waals surface area contributed by atoms with Crippen molar-refractivity contribution in [1.29, 1.82) is 0 Å². The zero-order valence-electron chi connectivity index (χ0n) is 16.1. The predicted octanol–water partition coefficient (Wildman–Crippen LogP) is 3.74. The summed E-state index contributed by atoms with van der Waals surface area (Å²) in [5.74, 6) is -0.0910. The van der Waals surface area contributed by atoms with E-state index in [0.29, 0.717) is 48.3 Å². The standard InChI is InChI=1S/C22H22ClN3O3/c1-15-19(21(27)25-11-13-29-14-12-25)20(16-7-9-17(23)10-8-16)24-22(28)26(15)18-5-3-2-4-6-18/h2-10,20H,11-14H2,1H3,(H,24,28)/t20-/m0/s1. The smallest absolute Gasteiger partial charge is 0.326 e. The van der Waals surface area contributed by atoms with Gasteiger partial charge < -0.3 is 15.0 Å². The van der Waals surface area contributed by atoms with Crippen LogP contribution in [0.15, 0.2) is 65.9 Å². The first-order valence-electron chi connectivity index (χ1n) is 9.55. The number of ether oxygens (including phenoxy) is 1. The van der Waals surface area contributed by atoms with E-state index in [9.17, 15) is 9.59 Å². The number of nitrogens with one attached hydrogen (secondary N) is 1. The third-order valence-electron chi connectivity index (χ3n) is 5.23. The van der Waals surface area contributed by atoms with Gasteiger partial charge in [0, 0.05) is 23.8 Å². The largest absolute Gasteiger partial charge is 0.378 e. The number of urea groups is 1. The number of morpholine rings is 1. The number of para-hydroxylation sites is 1. The second kappa shape index (κ2) is 8.27. The van der Waals surface area contributed by atoms with Gasteiger partial charge in [0.15, 0.2) is 0 Å². The van der Waals surface area contributed by atoms with Crippen molar-refractivity contribution in [2.75, 3.05) is 31.2 Å². The summed E-state index contributed by atoms with van der Waals surface area (Å²) in [6, 6.07) is 15.7. The molecule has 4 rings (SSSR count). The molecule has 7 heteroatoms. The lowest BCUT2D eigenvalue weighted by atomic mass is 9.93. The van der Waals surface area contributed by atoms with E-state index < -0.39 is 6.04 Å². The van der Waals surface area contributed by atoms with Crippen molar-refractivity contribution in [2.45, 2.75) is 13.0 Å². The highest BCUT2D eigenvalue weighted by Crippen LogP contribution is 2.34. The third kappa shape index (κ3) is 3.86. The molecule has 6 nitrogen and oxygen atoms in total. The number of hydrogen-bond acceptors (Lipinski definition) is 3. The van der Waals surface area contributed by atoms with Crippen LogP contribution in [-0.2, 0) is 9.53 Å². The number of allylic oxidation sites excluding steroid dienone is 1. The van der Waals surface area contributed by atoms with Crippen molar-refractivity contribution in [3.05, 3.63) is 76.5 Å². The molecule has 2 aromatic rings. The summed E-state index contributed by atoms with van der Waals surface area (Å²) in [6.07, 6.45) is 0. The van der Waals surface area contributed by atoms with Crippen LogP contribution in [0.2, 0.25) is 5.02 Å². The zero-order chi connectivity index (χ0) is 20.4. The van der Waals surface area contributed by atoms with Crippen molar-refractivity contribution in [1.82, 2.24) is 10.2 Å². The number of anilines is 1. The molecule has 0 aromatic heterocycles. The minimum atomic E-state index is -0.546. The molecule has 1 atom stereocenters. The molecule has 0 aliphatic carbocycles. The maximum atomic E-state index is 13.5. The molecule has 150 valence electrons. The molecule has 0 spiro atoms. The number of hydrogen-bond donors (Lipinski definition) is 1. The Morgan fingerprint density at radius 3 is 2.38 bits per heavy atom. The first-order valence-corrected chi connectivity index (χ1v) is 9.93. The molecule has 1 N–H and O–H groups in total. The summed E-state index contributed by atoms with van der Waals surface area (Å²) in [4.78, 5) is 29.9.